The van der Waals surface area contributed by atoms with Crippen LogP contribution in [0.2, 0.25) is 0 Å². The highest BCUT2D eigenvalue weighted by atomic mass is 16.5. The molecule has 0 spiro atoms. The average Bonchev–Trinajstić information content (AvgIpc) is 3.45. The van der Waals surface area contributed by atoms with Crippen LogP contribution in [0.15, 0.2) is 212 Å². The fourth-order valence-corrected chi connectivity index (χ4v) is 8.35. The highest BCUT2D eigenvalue weighted by Gasteiger charge is 2.22. The number of benzene rings is 10. The molecule has 0 saturated carbocycles. The summed E-state index contributed by atoms with van der Waals surface area (Å²) in [5.41, 5.74) is 10.0. The molecule has 57 heavy (non-hydrogen) atoms. The van der Waals surface area contributed by atoms with E-state index in [1.807, 2.05) is 36.4 Å². The van der Waals surface area contributed by atoms with Crippen LogP contribution in [0.25, 0.3) is 65.7 Å². The molecule has 11 rings (SSSR count). The van der Waals surface area contributed by atoms with Crippen LogP contribution in [0.1, 0.15) is 0 Å². The number of hydrogen-bond donors (Lipinski definition) is 0. The van der Waals surface area contributed by atoms with E-state index in [4.69, 9.17) is 9.47 Å². The van der Waals surface area contributed by atoms with Crippen molar-refractivity contribution in [3.63, 3.8) is 0 Å². The molecule has 268 valence electrons. The Kier molecular flexibility index (Phi) is 7.82. The molecular formula is C54H35NO2. The summed E-state index contributed by atoms with van der Waals surface area (Å²) in [7, 11) is 0. The van der Waals surface area contributed by atoms with Gasteiger partial charge in [0.15, 0.2) is 11.5 Å². The topological polar surface area (TPSA) is 21.7 Å². The number of rotatable bonds is 6. The van der Waals surface area contributed by atoms with E-state index in [9.17, 15) is 0 Å². The molecule has 0 amide bonds. The summed E-state index contributed by atoms with van der Waals surface area (Å²) in [4.78, 5) is 2.32. The normalized spacial score (nSPS) is 11.8. The third-order valence-corrected chi connectivity index (χ3v) is 11.1. The summed E-state index contributed by atoms with van der Waals surface area (Å²) >= 11 is 0. The Morgan fingerprint density at radius 2 is 0.789 bits per heavy atom. The van der Waals surface area contributed by atoms with Crippen LogP contribution in [0.3, 0.4) is 0 Å². The van der Waals surface area contributed by atoms with E-state index in [2.05, 4.69) is 181 Å². The molecule has 1 heterocycles. The van der Waals surface area contributed by atoms with Gasteiger partial charge in [0.25, 0.3) is 0 Å². The largest absolute Gasteiger partial charge is 0.453 e. The van der Waals surface area contributed by atoms with Crippen molar-refractivity contribution >= 4 is 49.4 Å². The first kappa shape index (κ1) is 32.8. The molecule has 0 bridgehead atoms. The van der Waals surface area contributed by atoms with E-state index in [0.717, 1.165) is 67.3 Å². The molecule has 10 aromatic carbocycles. The molecule has 0 fully saturated rings. The molecule has 1 aliphatic heterocycles. The Balaban J connectivity index is 0.901. The van der Waals surface area contributed by atoms with Crippen molar-refractivity contribution in [2.75, 3.05) is 4.90 Å². The minimum absolute atomic E-state index is 0.704. The van der Waals surface area contributed by atoms with Crippen LogP contribution in [0, 0.1) is 0 Å². The molecule has 0 radical (unpaired) electrons. The highest BCUT2D eigenvalue weighted by molar-refractivity contribution is 6.13. The van der Waals surface area contributed by atoms with Crippen molar-refractivity contribution in [3.05, 3.63) is 212 Å². The first-order chi connectivity index (χ1) is 28.2. The quantitative estimate of drug-likeness (QED) is 0.159. The Morgan fingerprint density at radius 1 is 0.298 bits per heavy atom. The molecule has 1 aliphatic rings. The number of ether oxygens (including phenoxy) is 2. The van der Waals surface area contributed by atoms with Crippen LogP contribution in [0.4, 0.5) is 17.1 Å². The number of anilines is 3. The van der Waals surface area contributed by atoms with Crippen LogP contribution >= 0.6 is 0 Å². The van der Waals surface area contributed by atoms with Gasteiger partial charge in [-0.25, -0.2) is 0 Å². The van der Waals surface area contributed by atoms with Crippen molar-refractivity contribution in [1.82, 2.24) is 0 Å². The van der Waals surface area contributed by atoms with Gasteiger partial charge >= 0.3 is 0 Å². The first-order valence-corrected chi connectivity index (χ1v) is 19.3. The summed E-state index contributed by atoms with van der Waals surface area (Å²) < 4.78 is 13.1. The number of nitrogens with zero attached hydrogens (tertiary/aromatic N) is 1. The first-order valence-electron chi connectivity index (χ1n) is 19.3. The summed E-state index contributed by atoms with van der Waals surface area (Å²) in [5.74, 6) is 3.02. The van der Waals surface area contributed by atoms with Gasteiger partial charge in [-0.1, -0.05) is 152 Å². The second-order valence-electron chi connectivity index (χ2n) is 14.5. The molecule has 3 heteroatoms. The van der Waals surface area contributed by atoms with E-state index >= 15 is 0 Å². The van der Waals surface area contributed by atoms with Crippen LogP contribution in [-0.4, -0.2) is 0 Å². The van der Waals surface area contributed by atoms with Gasteiger partial charge < -0.3 is 14.4 Å². The summed E-state index contributed by atoms with van der Waals surface area (Å²) in [5, 5.41) is 7.14. The molecule has 0 aromatic heterocycles. The van der Waals surface area contributed by atoms with Gasteiger partial charge in [-0.3, -0.25) is 0 Å². The minimum Gasteiger partial charge on any atom is -0.453 e. The molecule has 0 atom stereocenters. The van der Waals surface area contributed by atoms with Gasteiger partial charge in [0.05, 0.1) is 5.39 Å². The fourth-order valence-electron chi connectivity index (χ4n) is 8.35. The van der Waals surface area contributed by atoms with Crippen molar-refractivity contribution in [1.29, 1.82) is 0 Å². The number of fused-ring (bicyclic) bond motifs is 4. The fraction of sp³-hybridized carbons (Fsp3) is 0. The summed E-state index contributed by atoms with van der Waals surface area (Å²) in [6.45, 7) is 0. The van der Waals surface area contributed by atoms with Gasteiger partial charge in [0, 0.05) is 22.6 Å². The maximum atomic E-state index is 6.62. The molecule has 3 nitrogen and oxygen atoms in total. The van der Waals surface area contributed by atoms with Crippen molar-refractivity contribution < 1.29 is 9.47 Å². The van der Waals surface area contributed by atoms with E-state index in [0.29, 0.717) is 5.75 Å². The van der Waals surface area contributed by atoms with Gasteiger partial charge in [-0.2, -0.15) is 0 Å². The predicted octanol–water partition coefficient (Wildman–Crippen LogP) is 15.5. The zero-order valence-electron chi connectivity index (χ0n) is 31.0. The molecule has 0 N–H and O–H groups in total. The van der Waals surface area contributed by atoms with Gasteiger partial charge in [-0.05, 0) is 115 Å². The monoisotopic (exact) mass is 729 g/mol. The molecule has 0 saturated heterocycles. The Hall–Kier alpha value is -7.62. The lowest BCUT2D eigenvalue weighted by molar-refractivity contribution is 0.440. The summed E-state index contributed by atoms with van der Waals surface area (Å²) in [6.07, 6.45) is 0. The van der Waals surface area contributed by atoms with E-state index in [1.165, 1.54) is 32.7 Å². The van der Waals surface area contributed by atoms with Crippen molar-refractivity contribution in [3.8, 4) is 56.4 Å². The van der Waals surface area contributed by atoms with E-state index < -0.39 is 0 Å². The smallest absolute Gasteiger partial charge is 0.177 e. The lowest BCUT2D eigenvalue weighted by atomic mass is 9.93. The Labute approximate surface area is 331 Å². The molecule has 10 aromatic rings. The van der Waals surface area contributed by atoms with Gasteiger partial charge in [0.2, 0.25) is 0 Å². The average molecular weight is 730 g/mol. The molecule has 0 unspecified atom stereocenters. The highest BCUT2D eigenvalue weighted by Crippen LogP contribution is 2.49. The standard InChI is InChI=1S/C54H35NO2/c1-2-14-42(15-3-1)55(44-33-29-39(30-34-44)49-35-41-11-4-5-16-45(41)47-17-6-7-18-48(47)49)43-31-27-37(28-32-43)36-23-25-38(26-24-36)46-19-10-22-52-54(46)57-51-21-9-13-40-12-8-20-50(56-52)53(40)51/h1-35H. The summed E-state index contributed by atoms with van der Waals surface area (Å²) in [6, 6.07) is 75.1. The number of para-hydroxylation sites is 2. The zero-order chi connectivity index (χ0) is 37.7. The second kappa shape index (κ2) is 13.6. The van der Waals surface area contributed by atoms with E-state index in [-0.39, 0.29) is 0 Å². The van der Waals surface area contributed by atoms with Crippen LogP contribution in [0.5, 0.6) is 23.0 Å². The Morgan fingerprint density at radius 3 is 1.51 bits per heavy atom. The predicted molar refractivity (Wildman–Crippen MR) is 237 cm³/mol. The SMILES string of the molecule is c1ccc(N(c2ccc(-c3ccc(-c4cccc5c4Oc4cccc6cccc(c46)O5)cc3)cc2)c2ccc(-c3cc4ccccc4c4ccccc34)cc2)cc1. The Bertz CT molecular complexity index is 3090. The van der Waals surface area contributed by atoms with Crippen LogP contribution in [-0.2, 0) is 0 Å². The third kappa shape index (κ3) is 5.76. The van der Waals surface area contributed by atoms with Gasteiger partial charge in [-0.15, -0.1) is 0 Å². The molecule has 0 aliphatic carbocycles. The van der Waals surface area contributed by atoms with Crippen LogP contribution < -0.4 is 14.4 Å². The minimum atomic E-state index is 0.704. The second-order valence-corrected chi connectivity index (χ2v) is 14.5. The van der Waals surface area contributed by atoms with Crippen molar-refractivity contribution in [2.45, 2.75) is 0 Å². The lowest BCUT2D eigenvalue weighted by Gasteiger charge is -2.26. The van der Waals surface area contributed by atoms with E-state index in [1.54, 1.807) is 0 Å². The number of hydrogen-bond acceptors (Lipinski definition) is 3. The lowest BCUT2D eigenvalue weighted by Crippen LogP contribution is -2.09. The maximum Gasteiger partial charge on any atom is 0.177 e. The third-order valence-electron chi connectivity index (χ3n) is 11.1. The zero-order valence-corrected chi connectivity index (χ0v) is 31.0. The maximum absolute atomic E-state index is 6.62. The molecular weight excluding hydrogens is 695 g/mol. The van der Waals surface area contributed by atoms with Gasteiger partial charge in [0.1, 0.15) is 11.5 Å². The van der Waals surface area contributed by atoms with Crippen molar-refractivity contribution in [2.24, 2.45) is 0 Å².